The van der Waals surface area contributed by atoms with Crippen LogP contribution in [0.5, 0.6) is 0 Å². The van der Waals surface area contributed by atoms with Crippen LogP contribution >= 0.6 is 0 Å². The highest BCUT2D eigenvalue weighted by Crippen LogP contribution is 2.18. The summed E-state index contributed by atoms with van der Waals surface area (Å²) in [6.07, 6.45) is 26.4. The van der Waals surface area contributed by atoms with Crippen molar-refractivity contribution in [3.05, 3.63) is 89.4 Å². The number of unbranched alkanes of at least 4 members (excludes halogenated alkanes) is 3. The Hall–Kier alpha value is -2.89. The number of hydrogen-bond donors (Lipinski definition) is 3. The Morgan fingerprint density at radius 3 is 2.82 bits per heavy atom. The van der Waals surface area contributed by atoms with Gasteiger partial charge >= 0.3 is 0 Å². The van der Waals surface area contributed by atoms with E-state index >= 15 is 0 Å². The monoisotopic (exact) mass is 449 g/mol. The van der Waals surface area contributed by atoms with Crippen molar-refractivity contribution in [1.82, 2.24) is 15.4 Å². The predicted molar refractivity (Wildman–Crippen MR) is 138 cm³/mol. The van der Waals surface area contributed by atoms with Crippen molar-refractivity contribution in [2.75, 3.05) is 19.6 Å². The largest absolute Gasteiger partial charge is 0.364 e. The van der Waals surface area contributed by atoms with Gasteiger partial charge in [0.2, 0.25) is 0 Å². The molecule has 1 aliphatic rings. The summed E-state index contributed by atoms with van der Waals surface area (Å²) in [6, 6.07) is 0. The highest BCUT2D eigenvalue weighted by molar-refractivity contribution is 5.87. The van der Waals surface area contributed by atoms with Gasteiger partial charge in [0.15, 0.2) is 0 Å². The highest BCUT2D eigenvalue weighted by Gasteiger charge is 2.11. The zero-order chi connectivity index (χ0) is 23.9. The molecule has 33 heavy (non-hydrogen) atoms. The lowest BCUT2D eigenvalue weighted by atomic mass is 10.1. The molecular formula is C28H39N3O2. The van der Waals surface area contributed by atoms with Crippen molar-refractivity contribution < 1.29 is 10.0 Å². The number of nitrogens with one attached hydrogen (secondary N) is 2. The fourth-order valence-corrected chi connectivity index (χ4v) is 3.90. The molecule has 0 saturated carbocycles. The number of aromatic amines is 1. The third-order valence-corrected chi connectivity index (χ3v) is 5.80. The van der Waals surface area contributed by atoms with Crippen molar-refractivity contribution in [2.45, 2.75) is 52.4 Å². The maximum Gasteiger partial charge on any atom is 0.267 e. The van der Waals surface area contributed by atoms with Crippen LogP contribution in [0.25, 0.3) is 6.08 Å². The first-order valence-electron chi connectivity index (χ1n) is 11.9. The third kappa shape index (κ3) is 9.64. The Kier molecular flexibility index (Phi) is 12.0. The van der Waals surface area contributed by atoms with Crippen LogP contribution in [-0.4, -0.2) is 40.6 Å². The summed E-state index contributed by atoms with van der Waals surface area (Å²) in [5, 5.41) is 8.65. The topological polar surface area (TPSA) is 68.4 Å². The van der Waals surface area contributed by atoms with Gasteiger partial charge in [-0.3, -0.25) is 14.9 Å². The fourth-order valence-electron chi connectivity index (χ4n) is 3.90. The average Bonchev–Trinajstić information content (AvgIpc) is 3.02. The Morgan fingerprint density at radius 1 is 1.21 bits per heavy atom. The lowest BCUT2D eigenvalue weighted by Gasteiger charge is -2.23. The lowest BCUT2D eigenvalue weighted by molar-refractivity contribution is -0.124. The molecule has 3 N–H and O–H groups in total. The van der Waals surface area contributed by atoms with Gasteiger partial charge in [-0.05, 0) is 61.1 Å². The second-order valence-corrected chi connectivity index (χ2v) is 8.40. The molecule has 1 heterocycles. The molecule has 5 heteroatoms. The molecular weight excluding hydrogens is 410 g/mol. The Balaban J connectivity index is 2.03. The summed E-state index contributed by atoms with van der Waals surface area (Å²) in [6.45, 7) is 11.1. The number of hydroxylamine groups is 1. The second-order valence-electron chi connectivity index (χ2n) is 8.40. The van der Waals surface area contributed by atoms with Crippen LogP contribution in [0.3, 0.4) is 0 Å². The number of aromatic nitrogens is 1. The van der Waals surface area contributed by atoms with Gasteiger partial charge in [-0.1, -0.05) is 75.3 Å². The third-order valence-electron chi connectivity index (χ3n) is 5.80. The van der Waals surface area contributed by atoms with E-state index in [-0.39, 0.29) is 0 Å². The first-order valence-corrected chi connectivity index (χ1v) is 11.9. The molecule has 0 bridgehead atoms. The Labute approximate surface area is 198 Å². The fraction of sp³-hybridized carbons (Fsp3) is 0.393. The van der Waals surface area contributed by atoms with Gasteiger partial charge in [-0.2, -0.15) is 0 Å². The molecule has 0 aliphatic heterocycles. The van der Waals surface area contributed by atoms with Crippen LogP contribution in [0.4, 0.5) is 0 Å². The van der Waals surface area contributed by atoms with Crippen LogP contribution in [0.2, 0.25) is 0 Å². The summed E-state index contributed by atoms with van der Waals surface area (Å²) in [7, 11) is 0. The smallest absolute Gasteiger partial charge is 0.267 e. The molecule has 0 spiro atoms. The summed E-state index contributed by atoms with van der Waals surface area (Å²) < 4.78 is 0. The van der Waals surface area contributed by atoms with Crippen molar-refractivity contribution in [3.63, 3.8) is 0 Å². The number of hydrogen-bond acceptors (Lipinski definition) is 3. The molecule has 0 fully saturated rings. The first-order chi connectivity index (χ1) is 16.1. The zero-order valence-electron chi connectivity index (χ0n) is 20.1. The van der Waals surface area contributed by atoms with Gasteiger partial charge in [0.05, 0.1) is 0 Å². The van der Waals surface area contributed by atoms with E-state index in [0.29, 0.717) is 0 Å². The molecule has 0 radical (unpaired) electrons. The SMILES string of the molecule is C=C/C=C\c1c(CCN(CCCCCC)CC2=CCC=C(/C=C/C(=O)NO)C=C2)c[nH]c1C. The number of amides is 1. The molecule has 0 saturated heterocycles. The quantitative estimate of drug-likeness (QED) is 0.110. The second kappa shape index (κ2) is 15.0. The van der Waals surface area contributed by atoms with Gasteiger partial charge in [-0.25, -0.2) is 5.48 Å². The summed E-state index contributed by atoms with van der Waals surface area (Å²) in [5.74, 6) is -0.526. The van der Waals surface area contributed by atoms with Crippen molar-refractivity contribution in [2.24, 2.45) is 0 Å². The van der Waals surface area contributed by atoms with E-state index < -0.39 is 5.91 Å². The van der Waals surface area contributed by atoms with E-state index in [0.717, 1.165) is 38.0 Å². The van der Waals surface area contributed by atoms with Crippen LogP contribution in [0.15, 0.2) is 72.5 Å². The minimum atomic E-state index is -0.526. The van der Waals surface area contributed by atoms with E-state index in [1.54, 1.807) is 11.6 Å². The number of rotatable bonds is 14. The number of H-pyrrole nitrogens is 1. The predicted octanol–water partition coefficient (Wildman–Crippen LogP) is 5.82. The molecule has 5 nitrogen and oxygen atoms in total. The zero-order valence-corrected chi connectivity index (χ0v) is 20.1. The van der Waals surface area contributed by atoms with Crippen molar-refractivity contribution in [3.8, 4) is 0 Å². The Morgan fingerprint density at radius 2 is 2.06 bits per heavy atom. The molecule has 0 unspecified atom stereocenters. The normalized spacial score (nSPS) is 14.1. The molecule has 1 aromatic heterocycles. The number of carbonyl (C=O) groups excluding carboxylic acids is 1. The number of nitrogens with zero attached hydrogens (tertiary/aromatic N) is 1. The van der Waals surface area contributed by atoms with E-state index in [1.165, 1.54) is 54.2 Å². The Bertz CT molecular complexity index is 916. The van der Waals surface area contributed by atoms with Gasteiger partial charge in [-0.15, -0.1) is 0 Å². The van der Waals surface area contributed by atoms with Gasteiger partial charge in [0.25, 0.3) is 5.91 Å². The van der Waals surface area contributed by atoms with E-state index in [1.807, 2.05) is 18.2 Å². The van der Waals surface area contributed by atoms with Gasteiger partial charge in [0.1, 0.15) is 0 Å². The maximum atomic E-state index is 11.2. The van der Waals surface area contributed by atoms with Crippen molar-refractivity contribution in [1.29, 1.82) is 0 Å². The van der Waals surface area contributed by atoms with Crippen LogP contribution in [-0.2, 0) is 11.2 Å². The molecule has 1 amide bonds. The van der Waals surface area contributed by atoms with Crippen molar-refractivity contribution >= 4 is 12.0 Å². The summed E-state index contributed by atoms with van der Waals surface area (Å²) in [4.78, 5) is 17.2. The minimum Gasteiger partial charge on any atom is -0.364 e. The molecule has 1 aromatic rings. The lowest BCUT2D eigenvalue weighted by Crippen LogP contribution is -2.29. The van der Waals surface area contributed by atoms with E-state index in [4.69, 9.17) is 5.21 Å². The average molecular weight is 450 g/mol. The molecule has 0 atom stereocenters. The van der Waals surface area contributed by atoms with E-state index in [2.05, 4.69) is 60.8 Å². The summed E-state index contributed by atoms with van der Waals surface area (Å²) >= 11 is 0. The van der Waals surface area contributed by atoms with Gasteiger partial charge < -0.3 is 4.98 Å². The number of carbonyl (C=O) groups is 1. The highest BCUT2D eigenvalue weighted by atomic mass is 16.5. The standard InChI is InChI=1S/C28H39N3O2/c1-4-6-8-9-19-31(20-18-26-21-29-23(3)27(26)13-7-5-2)22-25-12-10-11-24(14-15-25)16-17-28(32)30-33/h5,7,11-17,21,29,33H,2,4,6,8-10,18-20,22H2,1,3H3,(H,30,32)/b13-7-,17-16+. The molecule has 1 aliphatic carbocycles. The minimum absolute atomic E-state index is 0.526. The molecule has 0 aromatic carbocycles. The van der Waals surface area contributed by atoms with Crippen LogP contribution in [0.1, 0.15) is 55.8 Å². The van der Waals surface area contributed by atoms with E-state index in [9.17, 15) is 4.79 Å². The number of aryl methyl sites for hydroxylation is 1. The molecule has 178 valence electrons. The maximum absolute atomic E-state index is 11.2. The first kappa shape index (κ1) is 26.4. The van der Waals surface area contributed by atoms with Crippen LogP contribution in [0, 0.1) is 6.92 Å². The molecule has 2 rings (SSSR count). The number of allylic oxidation sites excluding steroid dienone is 7. The van der Waals surface area contributed by atoms with Gasteiger partial charge in [0, 0.05) is 31.1 Å². The summed E-state index contributed by atoms with van der Waals surface area (Å²) in [5.41, 5.74) is 7.66. The van der Waals surface area contributed by atoms with Crippen LogP contribution < -0.4 is 5.48 Å².